The Morgan fingerprint density at radius 3 is 2.35 bits per heavy atom. The van der Waals surface area contributed by atoms with Crippen LogP contribution in [0.25, 0.3) is 0 Å². The number of tetrazole rings is 1. The zero-order valence-corrected chi connectivity index (χ0v) is 11.4. The van der Waals surface area contributed by atoms with Crippen LogP contribution in [0.15, 0.2) is 0 Å². The summed E-state index contributed by atoms with van der Waals surface area (Å²) >= 11 is 0. The number of aliphatic hydroxyl groups excluding tert-OH is 1. The average Bonchev–Trinajstić information content (AvgIpc) is 2.65. The average molecular weight is 241 g/mol. The maximum absolute atomic E-state index is 10.3. The lowest BCUT2D eigenvalue weighted by atomic mass is 9.92. The second-order valence-corrected chi connectivity index (χ2v) is 4.74. The molecule has 1 rings (SSSR count). The van der Waals surface area contributed by atoms with Gasteiger partial charge in [0.2, 0.25) is 0 Å². The first kappa shape index (κ1) is 14.1. The van der Waals surface area contributed by atoms with Crippen LogP contribution in [0.5, 0.6) is 0 Å². The molecule has 1 aromatic rings. The van der Waals surface area contributed by atoms with Gasteiger partial charge in [-0.1, -0.05) is 13.8 Å². The van der Waals surface area contributed by atoms with Gasteiger partial charge in [0.05, 0.1) is 13.2 Å². The predicted molar refractivity (Wildman–Crippen MR) is 65.5 cm³/mol. The van der Waals surface area contributed by atoms with E-state index in [0.29, 0.717) is 12.2 Å². The third-order valence-electron chi connectivity index (χ3n) is 3.32. The Hall–Kier alpha value is -1.01. The zero-order valence-electron chi connectivity index (χ0n) is 11.4. The highest BCUT2D eigenvalue weighted by molar-refractivity contribution is 4.94. The highest BCUT2D eigenvalue weighted by Crippen LogP contribution is 2.20. The Morgan fingerprint density at radius 1 is 1.35 bits per heavy atom. The van der Waals surface area contributed by atoms with Gasteiger partial charge >= 0.3 is 0 Å². The van der Waals surface area contributed by atoms with Crippen molar-refractivity contribution in [3.63, 3.8) is 0 Å². The standard InChI is InChI=1S/C11H23N5O/c1-6-16(7-2)11(3,4)9(17)8-10-12-14-15(5)13-10/h9,17H,6-8H2,1-5H3. The van der Waals surface area contributed by atoms with Crippen LogP contribution in [0, 0.1) is 0 Å². The van der Waals surface area contributed by atoms with Crippen LogP contribution >= 0.6 is 0 Å². The molecule has 6 heteroatoms. The minimum Gasteiger partial charge on any atom is -0.391 e. The summed E-state index contributed by atoms with van der Waals surface area (Å²) in [6.07, 6.45) is -0.0799. The fourth-order valence-corrected chi connectivity index (χ4v) is 2.08. The van der Waals surface area contributed by atoms with Gasteiger partial charge in [-0.2, -0.15) is 4.80 Å². The van der Waals surface area contributed by atoms with Crippen LogP contribution in [0.2, 0.25) is 0 Å². The number of likely N-dealkylation sites (N-methyl/N-ethyl adjacent to an activating group) is 1. The molecule has 0 bridgehead atoms. The van der Waals surface area contributed by atoms with Gasteiger partial charge in [-0.05, 0) is 32.2 Å². The van der Waals surface area contributed by atoms with E-state index in [-0.39, 0.29) is 5.54 Å². The summed E-state index contributed by atoms with van der Waals surface area (Å²) in [6, 6.07) is 0. The molecule has 0 aliphatic rings. The molecule has 98 valence electrons. The van der Waals surface area contributed by atoms with Crippen LogP contribution in [0.3, 0.4) is 0 Å². The van der Waals surface area contributed by atoms with Gasteiger partial charge in [0, 0.05) is 12.0 Å². The van der Waals surface area contributed by atoms with Gasteiger partial charge < -0.3 is 5.11 Å². The smallest absolute Gasteiger partial charge is 0.177 e. The number of hydrogen-bond donors (Lipinski definition) is 1. The van der Waals surface area contributed by atoms with E-state index in [4.69, 9.17) is 0 Å². The largest absolute Gasteiger partial charge is 0.391 e. The number of aryl methyl sites for hydroxylation is 1. The molecule has 0 aliphatic carbocycles. The summed E-state index contributed by atoms with van der Waals surface area (Å²) in [6.45, 7) is 10.1. The van der Waals surface area contributed by atoms with Crippen molar-refractivity contribution in [1.29, 1.82) is 0 Å². The van der Waals surface area contributed by atoms with Crippen LogP contribution in [-0.4, -0.2) is 54.9 Å². The summed E-state index contributed by atoms with van der Waals surface area (Å²) in [7, 11) is 1.72. The monoisotopic (exact) mass is 241 g/mol. The van der Waals surface area contributed by atoms with Gasteiger partial charge in [-0.3, -0.25) is 4.90 Å². The first-order chi connectivity index (χ1) is 7.91. The van der Waals surface area contributed by atoms with E-state index in [9.17, 15) is 5.11 Å². The van der Waals surface area contributed by atoms with Crippen LogP contribution in [-0.2, 0) is 13.5 Å². The normalized spacial score (nSPS) is 14.3. The van der Waals surface area contributed by atoms with Crippen LogP contribution in [0.4, 0.5) is 0 Å². The van der Waals surface area contributed by atoms with E-state index in [2.05, 4.69) is 34.2 Å². The van der Waals surface area contributed by atoms with Gasteiger partial charge in [0.25, 0.3) is 0 Å². The van der Waals surface area contributed by atoms with Crippen molar-refractivity contribution in [3.05, 3.63) is 5.82 Å². The second kappa shape index (κ2) is 5.55. The second-order valence-electron chi connectivity index (χ2n) is 4.74. The minimum atomic E-state index is -0.508. The third kappa shape index (κ3) is 3.23. The minimum absolute atomic E-state index is 0.289. The molecular formula is C11H23N5O. The molecule has 1 N–H and O–H groups in total. The summed E-state index contributed by atoms with van der Waals surface area (Å²) in [5, 5.41) is 22.1. The lowest BCUT2D eigenvalue weighted by Crippen LogP contribution is -2.53. The Balaban J connectivity index is 2.71. The fourth-order valence-electron chi connectivity index (χ4n) is 2.08. The highest BCUT2D eigenvalue weighted by atomic mass is 16.3. The van der Waals surface area contributed by atoms with E-state index in [0.717, 1.165) is 13.1 Å². The lowest BCUT2D eigenvalue weighted by molar-refractivity contribution is -0.00520. The summed E-state index contributed by atoms with van der Waals surface area (Å²) in [4.78, 5) is 3.64. The molecular weight excluding hydrogens is 218 g/mol. The molecule has 0 saturated carbocycles. The first-order valence-corrected chi connectivity index (χ1v) is 6.07. The van der Waals surface area contributed by atoms with Crippen molar-refractivity contribution in [1.82, 2.24) is 25.1 Å². The predicted octanol–water partition coefficient (Wildman–Crippen LogP) is 0.234. The first-order valence-electron chi connectivity index (χ1n) is 6.07. The Morgan fingerprint density at radius 2 is 1.94 bits per heavy atom. The van der Waals surface area contributed by atoms with Crippen LogP contribution < -0.4 is 0 Å². The highest BCUT2D eigenvalue weighted by Gasteiger charge is 2.33. The number of hydrogen-bond acceptors (Lipinski definition) is 5. The molecule has 0 aromatic carbocycles. The van der Waals surface area contributed by atoms with Gasteiger partial charge in [-0.25, -0.2) is 0 Å². The molecule has 1 atom stereocenters. The third-order valence-corrected chi connectivity index (χ3v) is 3.32. The van der Waals surface area contributed by atoms with Crippen molar-refractivity contribution in [2.75, 3.05) is 13.1 Å². The van der Waals surface area contributed by atoms with Crippen molar-refractivity contribution in [3.8, 4) is 0 Å². The molecule has 6 nitrogen and oxygen atoms in total. The van der Waals surface area contributed by atoms with Crippen molar-refractivity contribution in [2.24, 2.45) is 7.05 Å². The molecule has 1 unspecified atom stereocenters. The van der Waals surface area contributed by atoms with E-state index < -0.39 is 6.10 Å². The number of rotatable bonds is 6. The Kier molecular flexibility index (Phi) is 4.59. The van der Waals surface area contributed by atoms with Crippen molar-refractivity contribution < 1.29 is 5.11 Å². The van der Waals surface area contributed by atoms with E-state index in [1.54, 1.807) is 7.05 Å². The SMILES string of the molecule is CCN(CC)C(C)(C)C(O)Cc1nnn(C)n1. The van der Waals surface area contributed by atoms with E-state index in [1.165, 1.54) is 4.80 Å². The molecule has 0 amide bonds. The quantitative estimate of drug-likeness (QED) is 0.772. The Bertz CT molecular complexity index is 345. The molecule has 0 aliphatic heterocycles. The summed E-state index contributed by atoms with van der Waals surface area (Å²) < 4.78 is 0. The number of aromatic nitrogens is 4. The molecule has 17 heavy (non-hydrogen) atoms. The van der Waals surface area contributed by atoms with Gasteiger partial charge in [0.15, 0.2) is 5.82 Å². The van der Waals surface area contributed by atoms with Gasteiger partial charge in [-0.15, -0.1) is 10.2 Å². The zero-order chi connectivity index (χ0) is 13.1. The number of aliphatic hydroxyl groups is 1. The molecule has 0 radical (unpaired) electrons. The van der Waals surface area contributed by atoms with E-state index >= 15 is 0 Å². The van der Waals surface area contributed by atoms with E-state index in [1.807, 2.05) is 13.8 Å². The molecule has 0 spiro atoms. The fraction of sp³-hybridized carbons (Fsp3) is 0.909. The number of nitrogens with zero attached hydrogens (tertiary/aromatic N) is 5. The maximum Gasteiger partial charge on any atom is 0.177 e. The summed E-state index contributed by atoms with van der Waals surface area (Å²) in [5.74, 6) is 0.584. The van der Waals surface area contributed by atoms with Crippen LogP contribution in [0.1, 0.15) is 33.5 Å². The van der Waals surface area contributed by atoms with Crippen molar-refractivity contribution in [2.45, 2.75) is 45.8 Å². The van der Waals surface area contributed by atoms with Crippen molar-refractivity contribution >= 4 is 0 Å². The van der Waals surface area contributed by atoms with Gasteiger partial charge in [0.1, 0.15) is 0 Å². The maximum atomic E-state index is 10.3. The lowest BCUT2D eigenvalue weighted by Gasteiger charge is -2.40. The summed E-state index contributed by atoms with van der Waals surface area (Å²) in [5.41, 5.74) is -0.289. The Labute approximate surface area is 103 Å². The molecule has 0 saturated heterocycles. The molecule has 1 heterocycles. The topological polar surface area (TPSA) is 67.1 Å². The molecule has 1 aromatic heterocycles. The molecule has 0 fully saturated rings.